The molecule has 1 amide bonds. The molecule has 26 heavy (non-hydrogen) atoms. The number of thiophene rings is 1. The number of hydrogen-bond donors (Lipinski definition) is 1. The molecule has 0 saturated heterocycles. The van der Waals surface area contributed by atoms with E-state index in [9.17, 15) is 9.59 Å². The van der Waals surface area contributed by atoms with Crippen molar-refractivity contribution in [2.75, 3.05) is 18.2 Å². The van der Waals surface area contributed by atoms with Crippen LogP contribution in [0.25, 0.3) is 0 Å². The van der Waals surface area contributed by atoms with E-state index in [1.54, 1.807) is 6.07 Å². The molecule has 1 aliphatic carbocycles. The Morgan fingerprint density at radius 3 is 2.77 bits per heavy atom. The summed E-state index contributed by atoms with van der Waals surface area (Å²) in [5.74, 6) is 1.14. The topological polar surface area (TPSA) is 86.1 Å². The van der Waals surface area contributed by atoms with Gasteiger partial charge in [-0.2, -0.15) is 0 Å². The molecule has 1 fully saturated rings. The zero-order chi connectivity index (χ0) is 18.7. The van der Waals surface area contributed by atoms with E-state index in [1.807, 2.05) is 6.92 Å². The lowest BCUT2D eigenvalue weighted by Crippen LogP contribution is -2.16. The summed E-state index contributed by atoms with van der Waals surface area (Å²) in [4.78, 5) is 25.3. The van der Waals surface area contributed by atoms with Crippen LogP contribution in [-0.2, 0) is 22.5 Å². The molecule has 0 unspecified atom stereocenters. The Kier molecular flexibility index (Phi) is 5.98. The number of ether oxygens (including phenoxy) is 1. The number of esters is 1. The number of nitrogens with one attached hydrogen (secondary N) is 1. The number of carbonyl (C=O) groups excluding carboxylic acids is 2. The van der Waals surface area contributed by atoms with Crippen LogP contribution in [0.1, 0.15) is 53.7 Å². The van der Waals surface area contributed by atoms with Crippen molar-refractivity contribution in [2.24, 2.45) is 0 Å². The maximum Gasteiger partial charge on any atom is 0.340 e. The van der Waals surface area contributed by atoms with Gasteiger partial charge in [0, 0.05) is 17.3 Å². The Balaban J connectivity index is 1.65. The number of hydrogen-bond acceptors (Lipinski definition) is 7. The molecule has 2 aromatic heterocycles. The molecule has 1 N–H and O–H groups in total. The number of aryl methyl sites for hydroxylation is 1. The first kappa shape index (κ1) is 18.9. The minimum absolute atomic E-state index is 0.178. The second kappa shape index (κ2) is 8.22. The lowest BCUT2D eigenvalue weighted by atomic mass is 10.2. The van der Waals surface area contributed by atoms with Crippen LogP contribution in [0.3, 0.4) is 0 Å². The molecular formula is C17H22N4O3S2. The summed E-state index contributed by atoms with van der Waals surface area (Å²) in [5, 5.41) is 12.6. The van der Waals surface area contributed by atoms with Crippen LogP contribution in [0.2, 0.25) is 0 Å². The van der Waals surface area contributed by atoms with Crippen LogP contribution in [0, 0.1) is 0 Å². The third-order valence-electron chi connectivity index (χ3n) is 4.13. The van der Waals surface area contributed by atoms with Gasteiger partial charge in [-0.25, -0.2) is 4.79 Å². The quantitative estimate of drug-likeness (QED) is 0.546. The lowest BCUT2D eigenvalue weighted by molar-refractivity contribution is -0.113. The highest BCUT2D eigenvalue weighted by Crippen LogP contribution is 2.40. The van der Waals surface area contributed by atoms with E-state index in [1.165, 1.54) is 30.2 Å². The van der Waals surface area contributed by atoms with Crippen molar-refractivity contribution in [3.05, 3.63) is 22.3 Å². The maximum absolute atomic E-state index is 12.4. The number of carbonyl (C=O) groups is 2. The Hall–Kier alpha value is -1.87. The number of amides is 1. The van der Waals surface area contributed by atoms with E-state index in [0.29, 0.717) is 16.5 Å². The molecule has 0 radical (unpaired) electrons. The van der Waals surface area contributed by atoms with Gasteiger partial charge >= 0.3 is 5.97 Å². The van der Waals surface area contributed by atoms with Crippen molar-refractivity contribution in [3.63, 3.8) is 0 Å². The smallest absolute Gasteiger partial charge is 0.340 e. The molecule has 2 heterocycles. The Morgan fingerprint density at radius 1 is 1.38 bits per heavy atom. The first-order valence-electron chi connectivity index (χ1n) is 8.64. The molecule has 0 aliphatic heterocycles. The van der Waals surface area contributed by atoms with Gasteiger partial charge in [0.1, 0.15) is 10.8 Å². The van der Waals surface area contributed by atoms with Crippen molar-refractivity contribution in [2.45, 2.75) is 50.7 Å². The van der Waals surface area contributed by atoms with Crippen molar-refractivity contribution in [1.82, 2.24) is 14.8 Å². The zero-order valence-electron chi connectivity index (χ0n) is 15.1. The van der Waals surface area contributed by atoms with Crippen molar-refractivity contribution in [1.29, 1.82) is 0 Å². The number of methoxy groups -OCH3 is 1. The second-order valence-corrected chi connectivity index (χ2v) is 8.08. The van der Waals surface area contributed by atoms with E-state index < -0.39 is 5.97 Å². The van der Waals surface area contributed by atoms with E-state index in [2.05, 4.69) is 27.0 Å². The first-order valence-corrected chi connectivity index (χ1v) is 10.4. The van der Waals surface area contributed by atoms with Gasteiger partial charge in [0.2, 0.25) is 5.91 Å². The maximum atomic E-state index is 12.4. The van der Waals surface area contributed by atoms with Gasteiger partial charge in [-0.1, -0.05) is 18.7 Å². The number of anilines is 1. The van der Waals surface area contributed by atoms with E-state index in [4.69, 9.17) is 4.74 Å². The molecule has 0 spiro atoms. The molecule has 7 nitrogen and oxygen atoms in total. The minimum Gasteiger partial charge on any atom is -0.465 e. The van der Waals surface area contributed by atoms with Crippen molar-refractivity contribution in [3.8, 4) is 0 Å². The predicted octanol–water partition coefficient (Wildman–Crippen LogP) is 3.32. The van der Waals surface area contributed by atoms with Crippen LogP contribution < -0.4 is 5.32 Å². The summed E-state index contributed by atoms with van der Waals surface area (Å²) < 4.78 is 6.88. The predicted molar refractivity (Wildman–Crippen MR) is 102 cm³/mol. The Labute approximate surface area is 160 Å². The highest BCUT2D eigenvalue weighted by atomic mass is 32.2. The second-order valence-electron chi connectivity index (χ2n) is 6.00. The summed E-state index contributed by atoms with van der Waals surface area (Å²) in [7, 11) is 1.34. The summed E-state index contributed by atoms with van der Waals surface area (Å²) in [5.41, 5.74) is 0.403. The largest absolute Gasteiger partial charge is 0.465 e. The fourth-order valence-electron chi connectivity index (χ4n) is 2.61. The van der Waals surface area contributed by atoms with Crippen molar-refractivity contribution >= 4 is 40.0 Å². The Bertz CT molecular complexity index is 811. The molecular weight excluding hydrogens is 372 g/mol. The molecule has 0 bridgehead atoms. The van der Waals surface area contributed by atoms with Gasteiger partial charge in [-0.3, -0.25) is 4.79 Å². The number of rotatable bonds is 8. The molecule has 140 valence electrons. The SMILES string of the molecule is CCc1cc(C(=O)OC)c(NC(=O)CSc2nnc(C3CC3)n2CC)s1. The van der Waals surface area contributed by atoms with Gasteiger partial charge in [0.15, 0.2) is 5.16 Å². The molecule has 0 aromatic carbocycles. The van der Waals surface area contributed by atoms with Gasteiger partial charge in [-0.05, 0) is 32.3 Å². The van der Waals surface area contributed by atoms with Crippen LogP contribution in [0.5, 0.6) is 0 Å². The van der Waals surface area contributed by atoms with Crippen LogP contribution in [0.4, 0.5) is 5.00 Å². The summed E-state index contributed by atoms with van der Waals surface area (Å²) in [6, 6.07) is 1.77. The summed E-state index contributed by atoms with van der Waals surface area (Å²) in [6.07, 6.45) is 3.12. The third kappa shape index (κ3) is 4.09. The molecule has 2 aromatic rings. The van der Waals surface area contributed by atoms with Gasteiger partial charge in [-0.15, -0.1) is 21.5 Å². The monoisotopic (exact) mass is 394 g/mol. The molecule has 1 saturated carbocycles. The average Bonchev–Trinajstić information content (AvgIpc) is 3.28. The average molecular weight is 395 g/mol. The minimum atomic E-state index is -0.441. The van der Waals surface area contributed by atoms with Gasteiger partial charge in [0.25, 0.3) is 0 Å². The molecule has 9 heteroatoms. The highest BCUT2D eigenvalue weighted by Gasteiger charge is 2.30. The lowest BCUT2D eigenvalue weighted by Gasteiger charge is -2.07. The van der Waals surface area contributed by atoms with E-state index in [-0.39, 0.29) is 11.7 Å². The molecule has 3 rings (SSSR count). The van der Waals surface area contributed by atoms with E-state index >= 15 is 0 Å². The number of aromatic nitrogens is 3. The standard InChI is InChI=1S/C17H22N4O3S2/c1-4-11-8-12(16(23)24-3)15(26-11)18-13(22)9-25-17-20-19-14(10-6-7-10)21(17)5-2/h8,10H,4-7,9H2,1-3H3,(H,18,22). The third-order valence-corrected chi connectivity index (χ3v) is 6.29. The van der Waals surface area contributed by atoms with Gasteiger partial charge < -0.3 is 14.6 Å². The van der Waals surface area contributed by atoms with Crippen LogP contribution in [-0.4, -0.2) is 39.5 Å². The van der Waals surface area contributed by atoms with Crippen molar-refractivity contribution < 1.29 is 14.3 Å². The zero-order valence-corrected chi connectivity index (χ0v) is 16.7. The summed E-state index contributed by atoms with van der Waals surface area (Å²) >= 11 is 2.77. The van der Waals surface area contributed by atoms with Gasteiger partial charge in [0.05, 0.1) is 18.4 Å². The molecule has 1 aliphatic rings. The fourth-order valence-corrected chi connectivity index (χ4v) is 4.42. The number of thioether (sulfide) groups is 1. The first-order chi connectivity index (χ1) is 12.6. The Morgan fingerprint density at radius 2 is 2.15 bits per heavy atom. The van der Waals surface area contributed by atoms with Crippen LogP contribution >= 0.6 is 23.1 Å². The normalized spacial score (nSPS) is 13.7. The van der Waals surface area contributed by atoms with Crippen LogP contribution in [0.15, 0.2) is 11.2 Å². The highest BCUT2D eigenvalue weighted by molar-refractivity contribution is 7.99. The fraction of sp³-hybridized carbons (Fsp3) is 0.529. The molecule has 0 atom stereocenters. The number of nitrogens with zero attached hydrogens (tertiary/aromatic N) is 3. The summed E-state index contributed by atoms with van der Waals surface area (Å²) in [6.45, 7) is 4.85. The van der Waals surface area contributed by atoms with E-state index in [0.717, 1.165) is 41.7 Å².